The van der Waals surface area contributed by atoms with Gasteiger partial charge in [-0.3, -0.25) is 9.89 Å². The molecule has 1 radical (unpaired) electrons. The highest BCUT2D eigenvalue weighted by Gasteiger charge is 2.30. The molecule has 0 aliphatic rings. The third kappa shape index (κ3) is 8.45. The highest BCUT2D eigenvalue weighted by atomic mass is 19.4. The molecule has 10 heteroatoms. The molecule has 21 heavy (non-hydrogen) atoms. The van der Waals surface area contributed by atoms with Gasteiger partial charge in [-0.1, -0.05) is 6.07 Å². The summed E-state index contributed by atoms with van der Waals surface area (Å²) in [5, 5.41) is 20.2. The summed E-state index contributed by atoms with van der Waals surface area (Å²) in [7, 11) is 0. The average molecular weight is 302 g/mol. The first-order valence-corrected chi connectivity index (χ1v) is 5.33. The molecule has 1 heterocycles. The monoisotopic (exact) mass is 302 g/mol. The lowest BCUT2D eigenvalue weighted by atomic mass is 10.1. The summed E-state index contributed by atoms with van der Waals surface area (Å²) >= 11 is 0. The van der Waals surface area contributed by atoms with E-state index in [2.05, 4.69) is 10.2 Å². The lowest BCUT2D eigenvalue weighted by Crippen LogP contribution is -2.13. The van der Waals surface area contributed by atoms with Crippen LogP contribution in [0.15, 0.2) is 42.7 Å². The average Bonchev–Trinajstić information content (AvgIpc) is 2.98. The van der Waals surface area contributed by atoms with Gasteiger partial charge in [0.25, 0.3) is 0 Å². The Morgan fingerprint density at radius 3 is 2.24 bits per heavy atom. The van der Waals surface area contributed by atoms with E-state index in [1.807, 2.05) is 6.07 Å². The number of alkyl halides is 3. The Hall–Kier alpha value is -2.33. The SMILES string of the molecule is NC(=O)c1cccc(C(F)(F)F)c1.O[B]O.c1cn[nH]c1. The molecule has 1 amide bonds. The lowest BCUT2D eigenvalue weighted by molar-refractivity contribution is -0.137. The molecular weight excluding hydrogens is 290 g/mol. The number of benzene rings is 1. The van der Waals surface area contributed by atoms with Crippen molar-refractivity contribution in [2.24, 2.45) is 5.73 Å². The molecule has 0 unspecified atom stereocenters. The third-order valence-corrected chi connectivity index (χ3v) is 1.88. The molecular formula is C11H12BF3N3O3. The van der Waals surface area contributed by atoms with E-state index in [1.54, 1.807) is 12.4 Å². The number of amides is 1. The third-order valence-electron chi connectivity index (χ3n) is 1.88. The second-order valence-corrected chi connectivity index (χ2v) is 3.32. The number of hydrogen-bond acceptors (Lipinski definition) is 4. The first-order valence-electron chi connectivity index (χ1n) is 5.33. The van der Waals surface area contributed by atoms with E-state index < -0.39 is 17.6 Å². The molecule has 0 aliphatic carbocycles. The van der Waals surface area contributed by atoms with Crippen molar-refractivity contribution in [2.45, 2.75) is 6.18 Å². The minimum atomic E-state index is -4.44. The minimum Gasteiger partial charge on any atom is -0.429 e. The maximum atomic E-state index is 12.1. The number of nitrogens with one attached hydrogen (secondary N) is 1. The van der Waals surface area contributed by atoms with Gasteiger partial charge in [-0.05, 0) is 24.3 Å². The summed E-state index contributed by atoms with van der Waals surface area (Å²) in [5.41, 5.74) is 3.80. The van der Waals surface area contributed by atoms with Crippen molar-refractivity contribution in [3.63, 3.8) is 0 Å². The Balaban J connectivity index is 0.000000410. The summed E-state index contributed by atoms with van der Waals surface area (Å²) in [6.45, 7) is 0. The molecule has 0 fully saturated rings. The Kier molecular flexibility index (Phi) is 8.50. The van der Waals surface area contributed by atoms with Gasteiger partial charge in [-0.15, -0.1) is 0 Å². The smallest absolute Gasteiger partial charge is 0.429 e. The van der Waals surface area contributed by atoms with Gasteiger partial charge in [0.15, 0.2) is 0 Å². The predicted molar refractivity (Wildman–Crippen MR) is 68.7 cm³/mol. The summed E-state index contributed by atoms with van der Waals surface area (Å²) in [4.78, 5) is 10.5. The molecule has 2 rings (SSSR count). The molecule has 0 saturated carbocycles. The zero-order valence-electron chi connectivity index (χ0n) is 10.6. The normalized spacial score (nSPS) is 9.57. The number of rotatable bonds is 1. The van der Waals surface area contributed by atoms with E-state index in [9.17, 15) is 18.0 Å². The second-order valence-electron chi connectivity index (χ2n) is 3.32. The van der Waals surface area contributed by atoms with E-state index in [1.165, 1.54) is 6.07 Å². The second kappa shape index (κ2) is 9.56. The van der Waals surface area contributed by atoms with E-state index >= 15 is 0 Å². The van der Waals surface area contributed by atoms with Crippen LogP contribution in [0.4, 0.5) is 13.2 Å². The van der Waals surface area contributed by atoms with Crippen molar-refractivity contribution in [1.82, 2.24) is 10.2 Å². The van der Waals surface area contributed by atoms with Crippen LogP contribution in [0.5, 0.6) is 0 Å². The van der Waals surface area contributed by atoms with Crippen molar-refractivity contribution in [1.29, 1.82) is 0 Å². The van der Waals surface area contributed by atoms with Crippen LogP contribution in [0.2, 0.25) is 0 Å². The number of carbonyl (C=O) groups is 1. The van der Waals surface area contributed by atoms with E-state index in [0.717, 1.165) is 18.2 Å². The molecule has 0 bridgehead atoms. The van der Waals surface area contributed by atoms with Crippen LogP contribution in [0.25, 0.3) is 0 Å². The van der Waals surface area contributed by atoms with E-state index in [-0.39, 0.29) is 13.2 Å². The first-order chi connectivity index (χ1) is 9.82. The maximum absolute atomic E-state index is 12.1. The topological polar surface area (TPSA) is 112 Å². The summed E-state index contributed by atoms with van der Waals surface area (Å²) in [6, 6.07) is 5.81. The molecule has 0 saturated heterocycles. The van der Waals surface area contributed by atoms with Gasteiger partial charge in [-0.25, -0.2) is 0 Å². The van der Waals surface area contributed by atoms with Gasteiger partial charge in [0.1, 0.15) is 0 Å². The minimum absolute atomic E-state index is 0. The summed E-state index contributed by atoms with van der Waals surface area (Å²) < 4.78 is 36.2. The summed E-state index contributed by atoms with van der Waals surface area (Å²) in [5.74, 6) is -0.869. The molecule has 2 aromatic rings. The number of aromatic amines is 1. The number of carbonyl (C=O) groups excluding carboxylic acids is 1. The van der Waals surface area contributed by atoms with Gasteiger partial charge in [0.2, 0.25) is 5.91 Å². The molecule has 0 aliphatic heterocycles. The van der Waals surface area contributed by atoms with Crippen LogP contribution >= 0.6 is 0 Å². The van der Waals surface area contributed by atoms with Crippen molar-refractivity contribution >= 4 is 13.6 Å². The lowest BCUT2D eigenvalue weighted by Gasteiger charge is -2.06. The number of halogens is 3. The van der Waals surface area contributed by atoms with Crippen molar-refractivity contribution in [3.8, 4) is 0 Å². The Bertz CT molecular complexity index is 504. The Labute approximate surface area is 118 Å². The fourth-order valence-electron chi connectivity index (χ4n) is 1.06. The zero-order valence-corrected chi connectivity index (χ0v) is 10.6. The number of hydrogen-bond donors (Lipinski definition) is 4. The highest BCUT2D eigenvalue weighted by Crippen LogP contribution is 2.29. The van der Waals surface area contributed by atoms with Crippen molar-refractivity contribution in [3.05, 3.63) is 53.9 Å². The Morgan fingerprint density at radius 2 is 1.90 bits per heavy atom. The van der Waals surface area contributed by atoms with Crippen LogP contribution in [-0.4, -0.2) is 33.8 Å². The number of nitrogens with two attached hydrogens (primary N) is 1. The van der Waals surface area contributed by atoms with Crippen LogP contribution < -0.4 is 5.73 Å². The summed E-state index contributed by atoms with van der Waals surface area (Å²) in [6.07, 6.45) is -0.981. The maximum Gasteiger partial charge on any atom is 0.482 e. The van der Waals surface area contributed by atoms with E-state index in [0.29, 0.717) is 0 Å². The number of H-pyrrole nitrogens is 1. The standard InChI is InChI=1S/C8H6F3NO.C3H4N2.BH2O2/c9-8(10,11)6-3-1-2-5(4-6)7(12)13;1-2-4-5-3-1;2-1-3/h1-4H,(H2,12,13);1-3H,(H,4,5);2-3H. The quantitative estimate of drug-likeness (QED) is 0.581. The van der Waals surface area contributed by atoms with Gasteiger partial charge < -0.3 is 15.8 Å². The first kappa shape index (κ1) is 18.7. The van der Waals surface area contributed by atoms with Gasteiger partial charge in [-0.2, -0.15) is 18.3 Å². The molecule has 0 spiro atoms. The molecule has 5 N–H and O–H groups in total. The van der Waals surface area contributed by atoms with Crippen molar-refractivity contribution in [2.75, 3.05) is 0 Å². The van der Waals surface area contributed by atoms with Crippen molar-refractivity contribution < 1.29 is 28.0 Å². The molecule has 1 aromatic heterocycles. The molecule has 113 valence electrons. The fraction of sp³-hybridized carbons (Fsp3) is 0.0909. The zero-order chi connectivity index (χ0) is 16.3. The van der Waals surface area contributed by atoms with Crippen LogP contribution in [-0.2, 0) is 6.18 Å². The molecule has 1 aromatic carbocycles. The Morgan fingerprint density at radius 1 is 1.29 bits per heavy atom. The number of primary amides is 1. The molecule has 6 nitrogen and oxygen atoms in total. The van der Waals surface area contributed by atoms with Crippen LogP contribution in [0.1, 0.15) is 15.9 Å². The number of aromatic nitrogens is 2. The molecule has 0 atom stereocenters. The largest absolute Gasteiger partial charge is 0.482 e. The van der Waals surface area contributed by atoms with Gasteiger partial charge in [0.05, 0.1) is 5.56 Å². The fourth-order valence-corrected chi connectivity index (χ4v) is 1.06. The van der Waals surface area contributed by atoms with Crippen LogP contribution in [0, 0.1) is 0 Å². The van der Waals surface area contributed by atoms with Crippen LogP contribution in [0.3, 0.4) is 0 Å². The van der Waals surface area contributed by atoms with Gasteiger partial charge in [0, 0.05) is 18.0 Å². The number of nitrogens with zero attached hydrogens (tertiary/aromatic N) is 1. The van der Waals surface area contributed by atoms with E-state index in [4.69, 9.17) is 15.8 Å². The predicted octanol–water partition coefficient (Wildman–Crippen LogP) is 0.719. The highest BCUT2D eigenvalue weighted by molar-refractivity contribution is 6.13. The van der Waals surface area contributed by atoms with Gasteiger partial charge >= 0.3 is 13.9 Å².